The summed E-state index contributed by atoms with van der Waals surface area (Å²) in [6.07, 6.45) is -3.88. The number of piperidine rings is 1. The molecule has 0 saturated carbocycles. The summed E-state index contributed by atoms with van der Waals surface area (Å²) in [6, 6.07) is 4.78. The van der Waals surface area contributed by atoms with E-state index >= 15 is 0 Å². The molecule has 1 aliphatic rings. The van der Waals surface area contributed by atoms with Crippen molar-refractivity contribution in [3.63, 3.8) is 0 Å². The van der Waals surface area contributed by atoms with Crippen LogP contribution in [0, 0.1) is 5.92 Å². The predicted octanol–water partition coefficient (Wildman–Crippen LogP) is 2.14. The standard InChI is InChI=1S/C14H18F3N3O/c15-14(16,17)11-3-5-20(6-4-11)8-10-2-1-9(13(19)21)7-12(10)18/h1-2,7,11H,3-6,8,18H2,(H2,19,21). The van der Waals surface area contributed by atoms with Crippen LogP contribution in [0.2, 0.25) is 0 Å². The second kappa shape index (κ2) is 5.93. The number of likely N-dealkylation sites (tertiary alicyclic amines) is 1. The minimum absolute atomic E-state index is 0.114. The number of anilines is 1. The highest BCUT2D eigenvalue weighted by atomic mass is 19.4. The van der Waals surface area contributed by atoms with Crippen LogP contribution in [0.1, 0.15) is 28.8 Å². The number of hydrogen-bond donors (Lipinski definition) is 2. The lowest BCUT2D eigenvalue weighted by atomic mass is 9.96. The first-order valence-corrected chi connectivity index (χ1v) is 6.74. The molecule has 0 spiro atoms. The van der Waals surface area contributed by atoms with Crippen LogP contribution in [0.4, 0.5) is 18.9 Å². The molecule has 116 valence electrons. The van der Waals surface area contributed by atoms with Crippen molar-refractivity contribution in [3.8, 4) is 0 Å². The van der Waals surface area contributed by atoms with Crippen LogP contribution in [-0.2, 0) is 6.54 Å². The van der Waals surface area contributed by atoms with Crippen molar-refractivity contribution in [2.24, 2.45) is 11.7 Å². The first-order valence-electron chi connectivity index (χ1n) is 6.74. The smallest absolute Gasteiger partial charge is 0.391 e. The molecular weight excluding hydrogens is 283 g/mol. The van der Waals surface area contributed by atoms with E-state index in [9.17, 15) is 18.0 Å². The number of amides is 1. The molecule has 4 N–H and O–H groups in total. The van der Waals surface area contributed by atoms with Crippen LogP contribution in [-0.4, -0.2) is 30.1 Å². The van der Waals surface area contributed by atoms with Gasteiger partial charge in [-0.2, -0.15) is 13.2 Å². The summed E-state index contributed by atoms with van der Waals surface area (Å²) in [5, 5.41) is 0. The zero-order chi connectivity index (χ0) is 15.6. The fourth-order valence-electron chi connectivity index (χ4n) is 2.55. The third-order valence-electron chi connectivity index (χ3n) is 3.87. The molecule has 0 atom stereocenters. The first-order chi connectivity index (χ1) is 9.77. The van der Waals surface area contributed by atoms with Gasteiger partial charge in [-0.25, -0.2) is 0 Å². The van der Waals surface area contributed by atoms with E-state index < -0.39 is 18.0 Å². The maximum absolute atomic E-state index is 12.6. The second-order valence-corrected chi connectivity index (χ2v) is 5.37. The van der Waals surface area contributed by atoms with Crippen LogP contribution >= 0.6 is 0 Å². The molecule has 0 aliphatic carbocycles. The largest absolute Gasteiger partial charge is 0.398 e. The van der Waals surface area contributed by atoms with Gasteiger partial charge in [0.15, 0.2) is 0 Å². The molecule has 0 aromatic heterocycles. The van der Waals surface area contributed by atoms with Crippen molar-refractivity contribution in [3.05, 3.63) is 29.3 Å². The Kier molecular flexibility index (Phi) is 4.41. The average molecular weight is 301 g/mol. The normalized spacial score (nSPS) is 17.9. The van der Waals surface area contributed by atoms with Crippen molar-refractivity contribution in [1.82, 2.24) is 4.90 Å². The Bertz CT molecular complexity index is 523. The van der Waals surface area contributed by atoms with Crippen LogP contribution < -0.4 is 11.5 Å². The minimum atomic E-state index is -4.10. The Balaban J connectivity index is 1.96. The SMILES string of the molecule is NC(=O)c1ccc(CN2CCC(C(F)(F)F)CC2)c(N)c1. The number of benzene rings is 1. The molecular formula is C14H18F3N3O. The Morgan fingerprint density at radius 1 is 1.29 bits per heavy atom. The quantitative estimate of drug-likeness (QED) is 0.840. The molecule has 0 radical (unpaired) electrons. The second-order valence-electron chi connectivity index (χ2n) is 5.37. The van der Waals surface area contributed by atoms with E-state index in [2.05, 4.69) is 0 Å². The van der Waals surface area contributed by atoms with Crippen molar-refractivity contribution in [1.29, 1.82) is 0 Å². The van der Waals surface area contributed by atoms with Gasteiger partial charge >= 0.3 is 6.18 Å². The molecule has 1 aromatic rings. The summed E-state index contributed by atoms with van der Waals surface area (Å²) in [7, 11) is 0. The molecule has 1 aliphatic heterocycles. The molecule has 0 bridgehead atoms. The third-order valence-corrected chi connectivity index (χ3v) is 3.87. The van der Waals surface area contributed by atoms with Gasteiger partial charge in [-0.3, -0.25) is 9.69 Å². The summed E-state index contributed by atoms with van der Waals surface area (Å²) in [4.78, 5) is 13.0. The maximum Gasteiger partial charge on any atom is 0.391 e. The lowest BCUT2D eigenvalue weighted by Gasteiger charge is -2.33. The Hall–Kier alpha value is -1.76. The fourth-order valence-corrected chi connectivity index (χ4v) is 2.55. The lowest BCUT2D eigenvalue weighted by molar-refractivity contribution is -0.185. The zero-order valence-corrected chi connectivity index (χ0v) is 11.5. The number of nitrogens with zero attached hydrogens (tertiary/aromatic N) is 1. The average Bonchev–Trinajstić information content (AvgIpc) is 2.40. The molecule has 1 aromatic carbocycles. The summed E-state index contributed by atoms with van der Waals surface area (Å²) in [6.45, 7) is 1.26. The molecule has 1 fully saturated rings. The molecule has 7 heteroatoms. The van der Waals surface area contributed by atoms with Gasteiger partial charge < -0.3 is 11.5 Å². The van der Waals surface area contributed by atoms with E-state index in [4.69, 9.17) is 11.5 Å². The summed E-state index contributed by atoms with van der Waals surface area (Å²) >= 11 is 0. The highest BCUT2D eigenvalue weighted by Gasteiger charge is 2.40. The van der Waals surface area contributed by atoms with Gasteiger partial charge in [0.25, 0.3) is 0 Å². The number of rotatable bonds is 3. The summed E-state index contributed by atoms with van der Waals surface area (Å²) < 4.78 is 37.8. The van der Waals surface area contributed by atoms with Gasteiger partial charge in [0, 0.05) is 17.8 Å². The fraction of sp³-hybridized carbons (Fsp3) is 0.500. The third kappa shape index (κ3) is 3.87. The van der Waals surface area contributed by atoms with Crippen LogP contribution in [0.15, 0.2) is 18.2 Å². The van der Waals surface area contributed by atoms with Gasteiger partial charge in [0.2, 0.25) is 5.91 Å². The van der Waals surface area contributed by atoms with Gasteiger partial charge in [-0.05, 0) is 43.6 Å². The van der Waals surface area contributed by atoms with Crippen molar-refractivity contribution in [2.45, 2.75) is 25.6 Å². The number of halogens is 3. The molecule has 2 rings (SSSR count). The van der Waals surface area contributed by atoms with Gasteiger partial charge in [-0.15, -0.1) is 0 Å². The molecule has 21 heavy (non-hydrogen) atoms. The minimum Gasteiger partial charge on any atom is -0.398 e. The van der Waals surface area contributed by atoms with E-state index in [-0.39, 0.29) is 12.8 Å². The molecule has 1 heterocycles. The van der Waals surface area contributed by atoms with E-state index in [1.165, 1.54) is 6.07 Å². The van der Waals surface area contributed by atoms with E-state index in [0.29, 0.717) is 30.9 Å². The molecule has 1 amide bonds. The summed E-state index contributed by atoms with van der Waals surface area (Å²) in [5.41, 5.74) is 12.6. The van der Waals surface area contributed by atoms with Crippen LogP contribution in [0.3, 0.4) is 0 Å². The van der Waals surface area contributed by atoms with E-state index in [0.717, 1.165) is 5.56 Å². The Labute approximate surface area is 120 Å². The maximum atomic E-state index is 12.6. The van der Waals surface area contributed by atoms with Gasteiger partial charge in [0.05, 0.1) is 5.92 Å². The van der Waals surface area contributed by atoms with Crippen molar-refractivity contribution in [2.75, 3.05) is 18.8 Å². The highest BCUT2D eigenvalue weighted by Crippen LogP contribution is 2.34. The van der Waals surface area contributed by atoms with Crippen molar-refractivity contribution < 1.29 is 18.0 Å². The molecule has 1 saturated heterocycles. The van der Waals surface area contributed by atoms with Crippen LogP contribution in [0.5, 0.6) is 0 Å². The first kappa shape index (κ1) is 15.6. The number of nitrogens with two attached hydrogens (primary N) is 2. The highest BCUT2D eigenvalue weighted by molar-refractivity contribution is 5.93. The number of nitrogen functional groups attached to an aromatic ring is 1. The number of carbonyl (C=O) groups is 1. The van der Waals surface area contributed by atoms with Gasteiger partial charge in [-0.1, -0.05) is 6.07 Å². The topological polar surface area (TPSA) is 72.4 Å². The number of alkyl halides is 3. The van der Waals surface area contributed by atoms with Crippen LogP contribution in [0.25, 0.3) is 0 Å². The van der Waals surface area contributed by atoms with E-state index in [1.54, 1.807) is 12.1 Å². The van der Waals surface area contributed by atoms with E-state index in [1.807, 2.05) is 4.90 Å². The monoisotopic (exact) mass is 301 g/mol. The molecule has 4 nitrogen and oxygen atoms in total. The Morgan fingerprint density at radius 3 is 2.38 bits per heavy atom. The number of primary amides is 1. The molecule has 0 unspecified atom stereocenters. The zero-order valence-electron chi connectivity index (χ0n) is 11.5. The predicted molar refractivity (Wildman–Crippen MR) is 73.4 cm³/mol. The number of hydrogen-bond acceptors (Lipinski definition) is 3. The van der Waals surface area contributed by atoms with Crippen molar-refractivity contribution >= 4 is 11.6 Å². The lowest BCUT2D eigenvalue weighted by Crippen LogP contribution is -2.38. The number of carbonyl (C=O) groups excluding carboxylic acids is 1. The summed E-state index contributed by atoms with van der Waals surface area (Å²) in [5.74, 6) is -1.76. The Morgan fingerprint density at radius 2 is 1.90 bits per heavy atom. The van der Waals surface area contributed by atoms with Gasteiger partial charge in [0.1, 0.15) is 0 Å².